The van der Waals surface area contributed by atoms with Gasteiger partial charge in [0.2, 0.25) is 0 Å². The summed E-state index contributed by atoms with van der Waals surface area (Å²) in [6, 6.07) is 9.86. The molecule has 5 rings (SSSR count). The predicted molar refractivity (Wildman–Crippen MR) is 109 cm³/mol. The van der Waals surface area contributed by atoms with E-state index in [1.807, 2.05) is 22.9 Å². The van der Waals surface area contributed by atoms with Gasteiger partial charge in [0, 0.05) is 38.6 Å². The van der Waals surface area contributed by atoms with Crippen LogP contribution < -0.4 is 0 Å². The van der Waals surface area contributed by atoms with Crippen LogP contribution in [0.1, 0.15) is 40.0 Å². The predicted octanol–water partition coefficient (Wildman–Crippen LogP) is 1.78. The molecule has 1 saturated heterocycles. The van der Waals surface area contributed by atoms with Gasteiger partial charge in [-0.15, -0.1) is 10.2 Å². The van der Waals surface area contributed by atoms with Crippen LogP contribution in [0.25, 0.3) is 0 Å². The lowest BCUT2D eigenvalue weighted by atomic mass is 10.1. The topological polar surface area (TPSA) is 87.4 Å². The molecule has 1 aromatic carbocycles. The van der Waals surface area contributed by atoms with Crippen molar-refractivity contribution in [3.63, 3.8) is 0 Å². The van der Waals surface area contributed by atoms with Crippen molar-refractivity contribution < 1.29 is 14.3 Å². The van der Waals surface area contributed by atoms with E-state index >= 15 is 0 Å². The van der Waals surface area contributed by atoms with Gasteiger partial charge in [0.15, 0.2) is 11.6 Å². The van der Waals surface area contributed by atoms with Gasteiger partial charge in [0.25, 0.3) is 5.91 Å². The van der Waals surface area contributed by atoms with Crippen molar-refractivity contribution in [2.75, 3.05) is 13.1 Å². The molecule has 9 heteroatoms. The van der Waals surface area contributed by atoms with Crippen LogP contribution >= 0.6 is 0 Å². The van der Waals surface area contributed by atoms with Gasteiger partial charge in [0.1, 0.15) is 5.82 Å². The second-order valence-corrected chi connectivity index (χ2v) is 8.03. The molecule has 2 aliphatic heterocycles. The SMILES string of the molecule is O=C(c1ccccc1F)N1CCn2c(nnc2[C@@H]2C[C@@H](O)CN2Cc2cccnc2)C1. The number of likely N-dealkylation sites (tertiary alicyclic amines) is 1. The van der Waals surface area contributed by atoms with Gasteiger partial charge < -0.3 is 14.6 Å². The quantitative estimate of drug-likeness (QED) is 0.690. The van der Waals surface area contributed by atoms with Crippen molar-refractivity contribution in [3.8, 4) is 0 Å². The molecule has 3 aromatic rings. The standard InChI is InChI=1S/C22H23FN6O2/c23-18-6-2-1-5-17(18)22(31)27-8-9-29-20(14-27)25-26-21(29)19-10-16(30)13-28(19)12-15-4-3-7-24-11-15/h1-7,11,16,19,30H,8-10,12-14H2/t16-,19+/m1/s1. The number of fused-ring (bicyclic) bond motifs is 1. The molecule has 8 nitrogen and oxygen atoms in total. The van der Waals surface area contributed by atoms with E-state index in [-0.39, 0.29) is 24.1 Å². The van der Waals surface area contributed by atoms with Crippen LogP contribution in [0.5, 0.6) is 0 Å². The lowest BCUT2D eigenvalue weighted by Gasteiger charge is -2.30. The third-order valence-corrected chi connectivity index (χ3v) is 5.96. The first-order chi connectivity index (χ1) is 15.1. The zero-order chi connectivity index (χ0) is 21.4. The first kappa shape index (κ1) is 19.8. The summed E-state index contributed by atoms with van der Waals surface area (Å²) >= 11 is 0. The molecule has 1 fully saturated rings. The second kappa shape index (κ2) is 8.16. The van der Waals surface area contributed by atoms with Gasteiger partial charge >= 0.3 is 0 Å². The highest BCUT2D eigenvalue weighted by atomic mass is 19.1. The van der Waals surface area contributed by atoms with Gasteiger partial charge in [-0.05, 0) is 30.2 Å². The van der Waals surface area contributed by atoms with Crippen LogP contribution in [0.2, 0.25) is 0 Å². The number of aliphatic hydroxyl groups excluding tert-OH is 1. The molecule has 0 saturated carbocycles. The second-order valence-electron chi connectivity index (χ2n) is 8.03. The summed E-state index contributed by atoms with van der Waals surface area (Å²) in [5.41, 5.74) is 1.14. The Morgan fingerprint density at radius 3 is 2.84 bits per heavy atom. The Hall–Kier alpha value is -3.17. The number of β-amino-alcohol motifs (C(OH)–C–C–N with tert-alkyl or cyclic N) is 1. The highest BCUT2D eigenvalue weighted by molar-refractivity contribution is 5.94. The fourth-order valence-corrected chi connectivity index (χ4v) is 4.45. The molecule has 1 N–H and O–H groups in total. The molecule has 1 amide bonds. The molecule has 0 bridgehead atoms. The van der Waals surface area contributed by atoms with E-state index in [4.69, 9.17) is 0 Å². The van der Waals surface area contributed by atoms with Crippen molar-refractivity contribution >= 4 is 5.91 Å². The van der Waals surface area contributed by atoms with E-state index in [0.717, 1.165) is 11.4 Å². The van der Waals surface area contributed by atoms with Crippen LogP contribution in [0.15, 0.2) is 48.8 Å². The molecule has 31 heavy (non-hydrogen) atoms. The smallest absolute Gasteiger partial charge is 0.257 e. The van der Waals surface area contributed by atoms with E-state index < -0.39 is 11.9 Å². The molecule has 160 valence electrons. The van der Waals surface area contributed by atoms with Gasteiger partial charge in [-0.1, -0.05) is 18.2 Å². The Kier molecular flexibility index (Phi) is 5.21. The summed E-state index contributed by atoms with van der Waals surface area (Å²) < 4.78 is 16.1. The number of nitrogens with zero attached hydrogens (tertiary/aromatic N) is 6. The third kappa shape index (κ3) is 3.82. The highest BCUT2D eigenvalue weighted by Crippen LogP contribution is 2.33. The van der Waals surface area contributed by atoms with Crippen LogP contribution in [0.4, 0.5) is 4.39 Å². The maximum atomic E-state index is 14.0. The van der Waals surface area contributed by atoms with Crippen molar-refractivity contribution in [2.24, 2.45) is 0 Å². The Balaban J connectivity index is 1.35. The van der Waals surface area contributed by atoms with Crippen molar-refractivity contribution in [3.05, 3.63) is 77.4 Å². The molecule has 0 unspecified atom stereocenters. The summed E-state index contributed by atoms with van der Waals surface area (Å²) in [4.78, 5) is 20.7. The number of pyridine rings is 1. The van der Waals surface area contributed by atoms with Crippen LogP contribution in [0.3, 0.4) is 0 Å². The Morgan fingerprint density at radius 1 is 1.16 bits per heavy atom. The highest BCUT2D eigenvalue weighted by Gasteiger charge is 2.37. The third-order valence-electron chi connectivity index (χ3n) is 5.96. The summed E-state index contributed by atoms with van der Waals surface area (Å²) in [6.45, 7) is 2.47. The van der Waals surface area contributed by atoms with Crippen molar-refractivity contribution in [1.82, 2.24) is 29.5 Å². The number of carbonyl (C=O) groups excluding carboxylic acids is 1. The first-order valence-electron chi connectivity index (χ1n) is 10.4. The summed E-state index contributed by atoms with van der Waals surface area (Å²) in [5.74, 6) is 0.608. The van der Waals surface area contributed by atoms with Crippen LogP contribution in [-0.4, -0.2) is 59.8 Å². The van der Waals surface area contributed by atoms with Gasteiger partial charge in [-0.3, -0.25) is 14.7 Å². The molecule has 2 aromatic heterocycles. The summed E-state index contributed by atoms with van der Waals surface area (Å²) in [5, 5.41) is 19.1. The molecule has 4 heterocycles. The number of aromatic nitrogens is 4. The van der Waals surface area contributed by atoms with E-state index in [9.17, 15) is 14.3 Å². The number of rotatable bonds is 4. The first-order valence-corrected chi connectivity index (χ1v) is 10.4. The normalized spacial score (nSPS) is 21.3. The van der Waals surface area contributed by atoms with Crippen molar-refractivity contribution in [1.29, 1.82) is 0 Å². The summed E-state index contributed by atoms with van der Waals surface area (Å²) in [6.07, 6.45) is 3.71. The molecule has 2 aliphatic rings. The number of benzene rings is 1. The van der Waals surface area contributed by atoms with E-state index in [2.05, 4.69) is 20.1 Å². The van der Waals surface area contributed by atoms with Gasteiger partial charge in [0.05, 0.1) is 24.3 Å². The zero-order valence-corrected chi connectivity index (χ0v) is 16.9. The molecule has 0 radical (unpaired) electrons. The number of hydrogen-bond acceptors (Lipinski definition) is 6. The minimum atomic E-state index is -0.522. The monoisotopic (exact) mass is 422 g/mol. The average Bonchev–Trinajstić information content (AvgIpc) is 3.36. The lowest BCUT2D eigenvalue weighted by Crippen LogP contribution is -2.39. The molecular formula is C22H23FN6O2. The molecule has 2 atom stereocenters. The molecule has 0 aliphatic carbocycles. The lowest BCUT2D eigenvalue weighted by molar-refractivity contribution is 0.0699. The van der Waals surface area contributed by atoms with Crippen LogP contribution in [-0.2, 0) is 19.6 Å². The number of hydrogen-bond donors (Lipinski definition) is 1. The number of halogens is 1. The van der Waals surface area contributed by atoms with E-state index in [1.165, 1.54) is 12.1 Å². The number of aliphatic hydroxyl groups is 1. The van der Waals surface area contributed by atoms with Crippen LogP contribution in [0, 0.1) is 5.82 Å². The summed E-state index contributed by atoms with van der Waals surface area (Å²) in [7, 11) is 0. The number of amides is 1. The van der Waals surface area contributed by atoms with E-state index in [1.54, 1.807) is 23.2 Å². The maximum Gasteiger partial charge on any atom is 0.257 e. The Labute approximate surface area is 179 Å². The fraction of sp³-hybridized carbons (Fsp3) is 0.364. The molecule has 0 spiro atoms. The van der Waals surface area contributed by atoms with Crippen molar-refractivity contribution in [2.45, 2.75) is 38.2 Å². The minimum Gasteiger partial charge on any atom is -0.392 e. The largest absolute Gasteiger partial charge is 0.392 e. The van der Waals surface area contributed by atoms with Gasteiger partial charge in [-0.2, -0.15) is 0 Å². The Morgan fingerprint density at radius 2 is 2.03 bits per heavy atom. The zero-order valence-electron chi connectivity index (χ0n) is 16.9. The fourth-order valence-electron chi connectivity index (χ4n) is 4.45. The van der Waals surface area contributed by atoms with E-state index in [0.29, 0.717) is 38.4 Å². The maximum absolute atomic E-state index is 14.0. The number of carbonyl (C=O) groups is 1. The average molecular weight is 422 g/mol. The van der Waals surface area contributed by atoms with Gasteiger partial charge in [-0.25, -0.2) is 4.39 Å². The molecular weight excluding hydrogens is 399 g/mol. The minimum absolute atomic E-state index is 0.0646. The Bertz CT molecular complexity index is 1090.